The van der Waals surface area contributed by atoms with Crippen LogP contribution in [0.25, 0.3) is 0 Å². The average Bonchev–Trinajstić information content (AvgIpc) is 2.84. The lowest BCUT2D eigenvalue weighted by molar-refractivity contribution is 0.457. The van der Waals surface area contributed by atoms with Crippen LogP contribution in [0.1, 0.15) is 24.6 Å². The molecule has 4 nitrogen and oxygen atoms in total. The third kappa shape index (κ3) is 1.98. The number of rotatable bonds is 3. The van der Waals surface area contributed by atoms with Gasteiger partial charge in [0.2, 0.25) is 0 Å². The topological polar surface area (TPSA) is 57.0 Å². The smallest absolute Gasteiger partial charge is 0.169 e. The Labute approximate surface area is 96.2 Å². The van der Waals surface area contributed by atoms with E-state index in [0.717, 1.165) is 12.4 Å². The highest BCUT2D eigenvalue weighted by Gasteiger charge is 2.17. The van der Waals surface area contributed by atoms with Gasteiger partial charge in [0.25, 0.3) is 0 Å². The maximum Gasteiger partial charge on any atom is 0.169 e. The molecule has 2 N–H and O–H groups in total. The first-order valence-electron chi connectivity index (χ1n) is 4.74. The Morgan fingerprint density at radius 3 is 3.00 bits per heavy atom. The van der Waals surface area contributed by atoms with E-state index in [1.807, 2.05) is 22.9 Å². The molecule has 0 saturated carbocycles. The van der Waals surface area contributed by atoms with E-state index in [0.29, 0.717) is 10.4 Å². The van der Waals surface area contributed by atoms with Gasteiger partial charge in [-0.2, -0.15) is 0 Å². The maximum atomic E-state index is 6.05. The minimum atomic E-state index is -0.314. The van der Waals surface area contributed by atoms with Gasteiger partial charge in [-0.25, -0.2) is 4.98 Å². The Morgan fingerprint density at radius 1 is 1.60 bits per heavy atom. The Morgan fingerprint density at radius 2 is 2.40 bits per heavy atom. The van der Waals surface area contributed by atoms with Gasteiger partial charge in [-0.15, -0.1) is 0 Å². The number of halogens is 1. The van der Waals surface area contributed by atoms with Crippen LogP contribution in [0.3, 0.4) is 0 Å². The molecule has 5 heteroatoms. The van der Waals surface area contributed by atoms with Crippen molar-refractivity contribution in [3.8, 4) is 0 Å². The lowest BCUT2D eigenvalue weighted by atomic mass is 10.2. The highest BCUT2D eigenvalue weighted by molar-refractivity contribution is 9.10. The van der Waals surface area contributed by atoms with Gasteiger partial charge in [0.15, 0.2) is 4.67 Å². The van der Waals surface area contributed by atoms with Crippen molar-refractivity contribution in [2.45, 2.75) is 19.5 Å². The SMILES string of the molecule is CCn1ccnc1C(N)c1ccc(Br)o1. The minimum absolute atomic E-state index is 0.314. The van der Waals surface area contributed by atoms with Gasteiger partial charge in [0.05, 0.1) is 0 Å². The van der Waals surface area contributed by atoms with Crippen molar-refractivity contribution in [2.75, 3.05) is 0 Å². The number of nitrogens with two attached hydrogens (primary N) is 1. The van der Waals surface area contributed by atoms with Crippen molar-refractivity contribution in [3.05, 3.63) is 40.8 Å². The first kappa shape index (κ1) is 10.4. The molecule has 0 amide bonds. The van der Waals surface area contributed by atoms with Crippen LogP contribution in [-0.4, -0.2) is 9.55 Å². The van der Waals surface area contributed by atoms with Gasteiger partial charge in [-0.3, -0.25) is 0 Å². The summed E-state index contributed by atoms with van der Waals surface area (Å²) in [6.45, 7) is 2.90. The van der Waals surface area contributed by atoms with Crippen molar-refractivity contribution in [1.82, 2.24) is 9.55 Å². The summed E-state index contributed by atoms with van der Waals surface area (Å²) in [5, 5.41) is 0. The highest BCUT2D eigenvalue weighted by Crippen LogP contribution is 2.23. The summed E-state index contributed by atoms with van der Waals surface area (Å²) in [6, 6.07) is 3.36. The van der Waals surface area contributed by atoms with E-state index < -0.39 is 0 Å². The summed E-state index contributed by atoms with van der Waals surface area (Å²) in [5.74, 6) is 1.53. The molecule has 2 aromatic heterocycles. The van der Waals surface area contributed by atoms with E-state index in [2.05, 4.69) is 27.8 Å². The van der Waals surface area contributed by atoms with E-state index in [-0.39, 0.29) is 6.04 Å². The van der Waals surface area contributed by atoms with Gasteiger partial charge in [0, 0.05) is 18.9 Å². The first-order valence-corrected chi connectivity index (χ1v) is 5.53. The van der Waals surface area contributed by atoms with Crippen LogP contribution in [0.4, 0.5) is 0 Å². The molecule has 2 aromatic rings. The zero-order chi connectivity index (χ0) is 10.8. The highest BCUT2D eigenvalue weighted by atomic mass is 79.9. The number of aryl methyl sites for hydroxylation is 1. The fraction of sp³-hybridized carbons (Fsp3) is 0.300. The fourth-order valence-corrected chi connectivity index (χ4v) is 1.81. The molecule has 0 bridgehead atoms. The lowest BCUT2D eigenvalue weighted by Gasteiger charge is -2.10. The summed E-state index contributed by atoms with van der Waals surface area (Å²) in [4.78, 5) is 4.24. The van der Waals surface area contributed by atoms with Crippen molar-refractivity contribution >= 4 is 15.9 Å². The number of hydrogen-bond acceptors (Lipinski definition) is 3. The second-order valence-electron chi connectivity index (χ2n) is 3.19. The zero-order valence-corrected chi connectivity index (χ0v) is 9.94. The van der Waals surface area contributed by atoms with Crippen LogP contribution in [0.15, 0.2) is 33.6 Å². The quantitative estimate of drug-likeness (QED) is 0.931. The molecular formula is C10H12BrN3O. The summed E-state index contributed by atoms with van der Waals surface area (Å²) in [6.07, 6.45) is 3.66. The third-order valence-electron chi connectivity index (χ3n) is 2.27. The first-order chi connectivity index (χ1) is 7.22. The molecule has 80 valence electrons. The predicted octanol–water partition coefficient (Wildman–Crippen LogP) is 2.31. The molecular weight excluding hydrogens is 258 g/mol. The Bertz CT molecular complexity index is 449. The molecule has 0 aliphatic heterocycles. The average molecular weight is 270 g/mol. The molecule has 1 atom stereocenters. The second-order valence-corrected chi connectivity index (χ2v) is 3.97. The third-order valence-corrected chi connectivity index (χ3v) is 2.69. The standard InChI is InChI=1S/C10H12BrN3O/c1-2-14-6-5-13-10(14)9(12)7-3-4-8(11)15-7/h3-6,9H,2,12H2,1H3. The second kappa shape index (κ2) is 4.20. The van der Waals surface area contributed by atoms with E-state index in [9.17, 15) is 0 Å². The van der Waals surface area contributed by atoms with Gasteiger partial charge in [-0.1, -0.05) is 0 Å². The molecule has 1 unspecified atom stereocenters. The molecule has 0 fully saturated rings. The van der Waals surface area contributed by atoms with E-state index >= 15 is 0 Å². The van der Waals surface area contributed by atoms with Crippen molar-refractivity contribution in [3.63, 3.8) is 0 Å². The van der Waals surface area contributed by atoms with Crippen LogP contribution in [0.5, 0.6) is 0 Å². The Kier molecular flexibility index (Phi) is 2.93. The lowest BCUT2D eigenvalue weighted by Crippen LogP contribution is -2.16. The van der Waals surface area contributed by atoms with Gasteiger partial charge in [-0.05, 0) is 35.0 Å². The molecule has 2 rings (SSSR count). The molecule has 0 radical (unpaired) electrons. The minimum Gasteiger partial charge on any atom is -0.452 e. The van der Waals surface area contributed by atoms with Gasteiger partial charge >= 0.3 is 0 Å². The van der Waals surface area contributed by atoms with Crippen molar-refractivity contribution < 1.29 is 4.42 Å². The summed E-state index contributed by atoms with van der Waals surface area (Å²) in [5.41, 5.74) is 6.05. The molecule has 0 aliphatic carbocycles. The Balaban J connectivity index is 2.31. The largest absolute Gasteiger partial charge is 0.452 e. The summed E-state index contributed by atoms with van der Waals surface area (Å²) < 4.78 is 8.09. The van der Waals surface area contributed by atoms with E-state index in [4.69, 9.17) is 10.2 Å². The van der Waals surface area contributed by atoms with E-state index in [1.165, 1.54) is 0 Å². The van der Waals surface area contributed by atoms with E-state index in [1.54, 1.807) is 6.20 Å². The number of furan rings is 1. The molecule has 2 heterocycles. The van der Waals surface area contributed by atoms with Crippen LogP contribution >= 0.6 is 15.9 Å². The molecule has 0 aliphatic rings. The number of nitrogens with zero attached hydrogens (tertiary/aromatic N) is 2. The van der Waals surface area contributed by atoms with Crippen LogP contribution in [0, 0.1) is 0 Å². The summed E-state index contributed by atoms with van der Waals surface area (Å²) >= 11 is 3.25. The number of imidazole rings is 1. The number of hydrogen-bond donors (Lipinski definition) is 1. The normalized spacial score (nSPS) is 13.0. The van der Waals surface area contributed by atoms with Gasteiger partial charge < -0.3 is 14.7 Å². The van der Waals surface area contributed by atoms with Crippen molar-refractivity contribution in [2.24, 2.45) is 5.73 Å². The van der Waals surface area contributed by atoms with Crippen LogP contribution in [0.2, 0.25) is 0 Å². The predicted molar refractivity (Wildman–Crippen MR) is 60.3 cm³/mol. The Hall–Kier alpha value is -1.07. The zero-order valence-electron chi connectivity index (χ0n) is 8.35. The maximum absolute atomic E-state index is 6.05. The van der Waals surface area contributed by atoms with Crippen LogP contribution < -0.4 is 5.73 Å². The van der Waals surface area contributed by atoms with Gasteiger partial charge in [0.1, 0.15) is 17.6 Å². The molecule has 0 spiro atoms. The monoisotopic (exact) mass is 269 g/mol. The fourth-order valence-electron chi connectivity index (χ4n) is 1.49. The number of aromatic nitrogens is 2. The molecule has 0 saturated heterocycles. The molecule has 15 heavy (non-hydrogen) atoms. The van der Waals surface area contributed by atoms with Crippen molar-refractivity contribution in [1.29, 1.82) is 0 Å². The summed E-state index contributed by atoms with van der Waals surface area (Å²) in [7, 11) is 0. The van der Waals surface area contributed by atoms with Crippen LogP contribution in [-0.2, 0) is 6.54 Å². The molecule has 0 aromatic carbocycles.